The van der Waals surface area contributed by atoms with Gasteiger partial charge in [-0.2, -0.15) is 0 Å². The van der Waals surface area contributed by atoms with Crippen LogP contribution in [0.2, 0.25) is 0 Å². The number of rotatable bonds is 13. The molecule has 2 aromatic rings. The molecule has 0 aliphatic rings. The molecule has 6 nitrogen and oxygen atoms in total. The smallest absolute Gasteiger partial charge is 0.308 e. The van der Waals surface area contributed by atoms with Crippen molar-refractivity contribution in [2.75, 3.05) is 18.5 Å². The molecule has 0 amide bonds. The number of benzene rings is 1. The molecule has 0 bridgehead atoms. The van der Waals surface area contributed by atoms with Gasteiger partial charge in [-0.1, -0.05) is 45.6 Å². The first-order valence-electron chi connectivity index (χ1n) is 10.9. The van der Waals surface area contributed by atoms with Crippen LogP contribution in [0, 0.1) is 0 Å². The van der Waals surface area contributed by atoms with E-state index < -0.39 is 5.97 Å². The molecule has 1 heterocycles. The van der Waals surface area contributed by atoms with E-state index >= 15 is 0 Å². The molecule has 1 N–H and O–H groups in total. The topological polar surface area (TPSA) is 69.6 Å². The van der Waals surface area contributed by atoms with Crippen LogP contribution in [0.3, 0.4) is 0 Å². The highest BCUT2D eigenvalue weighted by molar-refractivity contribution is 5.91. The second kappa shape index (κ2) is 12.1. The zero-order chi connectivity index (χ0) is 21.9. The Labute approximate surface area is 178 Å². The highest BCUT2D eigenvalue weighted by Crippen LogP contribution is 2.35. The van der Waals surface area contributed by atoms with Gasteiger partial charge in [-0.05, 0) is 31.0 Å². The van der Waals surface area contributed by atoms with E-state index in [1.165, 1.54) is 6.92 Å². The molecule has 0 fully saturated rings. The Morgan fingerprint density at radius 1 is 1.13 bits per heavy atom. The largest absolute Gasteiger partial charge is 0.489 e. The normalized spacial score (nSPS) is 10.8. The minimum absolute atomic E-state index is 0.0200. The van der Waals surface area contributed by atoms with Crippen LogP contribution in [0.25, 0.3) is 10.9 Å². The molecule has 0 aliphatic carbocycles. The monoisotopic (exact) mass is 414 g/mol. The van der Waals surface area contributed by atoms with Crippen molar-refractivity contribution in [2.45, 2.75) is 65.8 Å². The summed E-state index contributed by atoms with van der Waals surface area (Å²) in [5.74, 6) is -0.202. The van der Waals surface area contributed by atoms with Crippen molar-refractivity contribution in [2.24, 2.45) is 0 Å². The van der Waals surface area contributed by atoms with Crippen molar-refractivity contribution in [1.82, 2.24) is 4.57 Å². The van der Waals surface area contributed by atoms with Crippen molar-refractivity contribution in [3.63, 3.8) is 0 Å². The minimum atomic E-state index is -0.534. The maximum Gasteiger partial charge on any atom is 0.308 e. The highest BCUT2D eigenvalue weighted by Gasteiger charge is 2.21. The average molecular weight is 415 g/mol. The number of fused-ring (bicyclic) bond motifs is 1. The molecule has 6 heteroatoms. The highest BCUT2D eigenvalue weighted by atomic mass is 16.6. The van der Waals surface area contributed by atoms with Gasteiger partial charge in [-0.3, -0.25) is 9.59 Å². The summed E-state index contributed by atoms with van der Waals surface area (Å²) in [7, 11) is 0. The lowest BCUT2D eigenvalue weighted by Crippen LogP contribution is -2.25. The zero-order valence-corrected chi connectivity index (χ0v) is 18.5. The van der Waals surface area contributed by atoms with E-state index in [9.17, 15) is 9.59 Å². The third-order valence-corrected chi connectivity index (χ3v) is 4.85. The summed E-state index contributed by atoms with van der Waals surface area (Å²) >= 11 is 0. The molecule has 0 spiro atoms. The lowest BCUT2D eigenvalue weighted by Gasteiger charge is -2.18. The van der Waals surface area contributed by atoms with Crippen molar-refractivity contribution in [1.29, 1.82) is 0 Å². The van der Waals surface area contributed by atoms with Gasteiger partial charge in [0.15, 0.2) is 5.75 Å². The molecular weight excluding hydrogens is 380 g/mol. The molecule has 30 heavy (non-hydrogen) atoms. The van der Waals surface area contributed by atoms with Crippen LogP contribution in [0.5, 0.6) is 11.5 Å². The van der Waals surface area contributed by atoms with Crippen LogP contribution in [-0.2, 0) is 11.3 Å². The van der Waals surface area contributed by atoms with Crippen molar-refractivity contribution in [3.05, 3.63) is 41.2 Å². The van der Waals surface area contributed by atoms with Gasteiger partial charge in [-0.25, -0.2) is 0 Å². The van der Waals surface area contributed by atoms with E-state index in [1.54, 1.807) is 10.6 Å². The number of nitrogens with zero attached hydrogens (tertiary/aromatic N) is 1. The molecule has 0 saturated carbocycles. The molecule has 1 aromatic carbocycles. The van der Waals surface area contributed by atoms with Gasteiger partial charge in [0, 0.05) is 31.1 Å². The maximum atomic E-state index is 13.3. The maximum absolute atomic E-state index is 13.3. The minimum Gasteiger partial charge on any atom is -0.489 e. The van der Waals surface area contributed by atoms with Gasteiger partial charge in [0.25, 0.3) is 5.56 Å². The third-order valence-electron chi connectivity index (χ3n) is 4.85. The van der Waals surface area contributed by atoms with Gasteiger partial charge in [0.05, 0.1) is 12.1 Å². The van der Waals surface area contributed by atoms with Crippen molar-refractivity contribution in [3.8, 4) is 11.5 Å². The second-order valence-corrected chi connectivity index (χ2v) is 7.37. The van der Waals surface area contributed by atoms with Crippen LogP contribution in [0.15, 0.2) is 35.6 Å². The Morgan fingerprint density at radius 2 is 1.90 bits per heavy atom. The number of unbranched alkanes of at least 4 members (excludes halogenated alkanes) is 4. The summed E-state index contributed by atoms with van der Waals surface area (Å²) in [6, 6.07) is 5.79. The Balaban J connectivity index is 2.58. The summed E-state index contributed by atoms with van der Waals surface area (Å²) in [5, 5.41) is 4.03. The van der Waals surface area contributed by atoms with Gasteiger partial charge in [0.2, 0.25) is 5.75 Å². The van der Waals surface area contributed by atoms with E-state index in [0.717, 1.165) is 55.1 Å². The third kappa shape index (κ3) is 6.12. The van der Waals surface area contributed by atoms with Crippen LogP contribution in [0.4, 0.5) is 5.69 Å². The van der Waals surface area contributed by atoms with Gasteiger partial charge in [-0.15, -0.1) is 6.58 Å². The average Bonchev–Trinajstić information content (AvgIpc) is 2.73. The van der Waals surface area contributed by atoms with Crippen molar-refractivity contribution >= 4 is 22.6 Å². The van der Waals surface area contributed by atoms with Crippen LogP contribution in [0.1, 0.15) is 59.3 Å². The number of pyridine rings is 1. The zero-order valence-electron chi connectivity index (χ0n) is 18.5. The fourth-order valence-corrected chi connectivity index (χ4v) is 3.32. The molecule has 0 unspecified atom stereocenters. The Morgan fingerprint density at radius 3 is 2.57 bits per heavy atom. The SMILES string of the molecule is C=CCNc1ccc2c(OCCCCCC)c(OC(C)=O)c(=O)n(CCCC)c2c1. The van der Waals surface area contributed by atoms with Gasteiger partial charge >= 0.3 is 5.97 Å². The number of carbonyl (C=O) groups is 1. The van der Waals surface area contributed by atoms with E-state index in [0.29, 0.717) is 25.4 Å². The summed E-state index contributed by atoms with van der Waals surface area (Å²) in [6.45, 7) is 10.9. The van der Waals surface area contributed by atoms with E-state index in [2.05, 4.69) is 25.7 Å². The predicted octanol–water partition coefficient (Wildman–Crippen LogP) is 5.28. The Hall–Kier alpha value is -2.76. The summed E-state index contributed by atoms with van der Waals surface area (Å²) in [5.41, 5.74) is 1.32. The second-order valence-electron chi connectivity index (χ2n) is 7.37. The van der Waals surface area contributed by atoms with Gasteiger partial charge in [0.1, 0.15) is 0 Å². The molecule has 0 radical (unpaired) electrons. The Bertz CT molecular complexity index is 918. The molecule has 2 rings (SSSR count). The molecule has 0 saturated heterocycles. The van der Waals surface area contributed by atoms with Crippen LogP contribution >= 0.6 is 0 Å². The van der Waals surface area contributed by atoms with Crippen LogP contribution < -0.4 is 20.3 Å². The van der Waals surface area contributed by atoms with Gasteiger partial charge < -0.3 is 19.4 Å². The predicted molar refractivity (Wildman–Crippen MR) is 123 cm³/mol. The number of hydrogen-bond acceptors (Lipinski definition) is 5. The van der Waals surface area contributed by atoms with E-state index in [1.807, 2.05) is 18.2 Å². The first-order valence-corrected chi connectivity index (χ1v) is 10.9. The standard InChI is InChI=1S/C24H34N2O4/c1-5-8-10-11-16-29-22-20-13-12-19(25-14-7-3)17-21(20)26(15-9-6-2)24(28)23(22)30-18(4)27/h7,12-13,17,25H,3,5-6,8-11,14-16H2,1-2,4H3. The molecular formula is C24H34N2O4. The number of nitrogens with one attached hydrogen (secondary N) is 1. The fourth-order valence-electron chi connectivity index (χ4n) is 3.32. The number of hydrogen-bond donors (Lipinski definition) is 1. The van der Waals surface area contributed by atoms with E-state index in [-0.39, 0.29) is 11.3 Å². The lowest BCUT2D eigenvalue weighted by molar-refractivity contribution is -0.132. The lowest BCUT2D eigenvalue weighted by atomic mass is 10.1. The van der Waals surface area contributed by atoms with Crippen LogP contribution in [-0.4, -0.2) is 23.7 Å². The van der Waals surface area contributed by atoms with Crippen molar-refractivity contribution < 1.29 is 14.3 Å². The number of ether oxygens (including phenoxy) is 2. The summed E-state index contributed by atoms with van der Waals surface area (Å²) < 4.78 is 13.1. The molecule has 164 valence electrons. The number of aryl methyl sites for hydroxylation is 1. The molecule has 1 aromatic heterocycles. The summed E-state index contributed by atoms with van der Waals surface area (Å²) in [6.07, 6.45) is 7.78. The number of carbonyl (C=O) groups excluding carboxylic acids is 1. The van der Waals surface area contributed by atoms with E-state index in [4.69, 9.17) is 9.47 Å². The number of anilines is 1. The summed E-state index contributed by atoms with van der Waals surface area (Å²) in [4.78, 5) is 25.0. The number of aromatic nitrogens is 1. The Kier molecular flexibility index (Phi) is 9.45. The fraction of sp³-hybridized carbons (Fsp3) is 0.500. The first-order chi connectivity index (χ1) is 14.5. The molecule has 0 aliphatic heterocycles. The molecule has 0 atom stereocenters. The number of esters is 1. The quantitative estimate of drug-likeness (QED) is 0.274. The first kappa shape index (κ1) is 23.5.